The Balaban J connectivity index is 3.05. The zero-order valence-corrected chi connectivity index (χ0v) is 10.3. The largest absolute Gasteiger partial charge is 0.496 e. The number of anilines is 1. The fourth-order valence-electron chi connectivity index (χ4n) is 1.28. The minimum Gasteiger partial charge on any atom is -0.496 e. The van der Waals surface area contributed by atoms with E-state index in [9.17, 15) is 31.5 Å². The minimum atomic E-state index is -6.04. The SMILES string of the molecule is COc1cc(NC(=O)C(F)(F)C(F)(F)F)ccc1C(=O)O. The Hall–Kier alpha value is -2.39. The Labute approximate surface area is 114 Å². The number of carboxylic acid groups (broad SMARTS) is 1. The molecule has 0 saturated carbocycles. The molecule has 1 rings (SSSR count). The van der Waals surface area contributed by atoms with Gasteiger partial charge in [-0.05, 0) is 12.1 Å². The van der Waals surface area contributed by atoms with Gasteiger partial charge < -0.3 is 15.2 Å². The van der Waals surface area contributed by atoms with E-state index in [-0.39, 0.29) is 11.3 Å². The summed E-state index contributed by atoms with van der Waals surface area (Å²) in [6, 6.07) is 2.56. The van der Waals surface area contributed by atoms with Gasteiger partial charge in [0, 0.05) is 11.8 Å². The van der Waals surface area contributed by atoms with Gasteiger partial charge in [0.1, 0.15) is 11.3 Å². The van der Waals surface area contributed by atoms with Crippen molar-refractivity contribution in [3.05, 3.63) is 23.8 Å². The molecule has 0 aromatic heterocycles. The summed E-state index contributed by atoms with van der Waals surface area (Å²) >= 11 is 0. The molecule has 0 aliphatic rings. The molecule has 116 valence electrons. The number of amides is 1. The van der Waals surface area contributed by atoms with Crippen molar-refractivity contribution in [2.45, 2.75) is 12.1 Å². The molecule has 0 aliphatic heterocycles. The number of methoxy groups -OCH3 is 1. The number of carboxylic acids is 1. The van der Waals surface area contributed by atoms with Gasteiger partial charge in [0.2, 0.25) is 0 Å². The number of nitrogens with one attached hydrogen (secondary N) is 1. The molecular weight excluding hydrogens is 305 g/mol. The van der Waals surface area contributed by atoms with Gasteiger partial charge in [-0.25, -0.2) is 4.79 Å². The van der Waals surface area contributed by atoms with Crippen LogP contribution < -0.4 is 10.1 Å². The fraction of sp³-hybridized carbons (Fsp3) is 0.273. The van der Waals surface area contributed by atoms with E-state index in [2.05, 4.69) is 4.74 Å². The van der Waals surface area contributed by atoms with E-state index in [0.29, 0.717) is 0 Å². The van der Waals surface area contributed by atoms with Crippen LogP contribution in [0.3, 0.4) is 0 Å². The molecule has 0 bridgehead atoms. The van der Waals surface area contributed by atoms with Crippen LogP contribution in [0.1, 0.15) is 10.4 Å². The highest BCUT2D eigenvalue weighted by Crippen LogP contribution is 2.36. The molecule has 0 atom stereocenters. The van der Waals surface area contributed by atoms with Crippen LogP contribution in [-0.4, -0.2) is 36.2 Å². The van der Waals surface area contributed by atoms with Crippen LogP contribution in [0, 0.1) is 0 Å². The van der Waals surface area contributed by atoms with Crippen molar-refractivity contribution in [1.82, 2.24) is 0 Å². The summed E-state index contributed by atoms with van der Waals surface area (Å²) in [5.74, 6) is -9.87. The normalized spacial score (nSPS) is 11.9. The van der Waals surface area contributed by atoms with E-state index in [0.717, 1.165) is 25.3 Å². The third-order valence-corrected chi connectivity index (χ3v) is 2.33. The quantitative estimate of drug-likeness (QED) is 0.838. The van der Waals surface area contributed by atoms with Crippen LogP contribution in [0.15, 0.2) is 18.2 Å². The maximum atomic E-state index is 12.7. The number of halogens is 5. The topological polar surface area (TPSA) is 75.6 Å². The van der Waals surface area contributed by atoms with Gasteiger partial charge in [-0.1, -0.05) is 0 Å². The monoisotopic (exact) mass is 313 g/mol. The summed E-state index contributed by atoms with van der Waals surface area (Å²) in [7, 11) is 1.07. The lowest BCUT2D eigenvalue weighted by Gasteiger charge is -2.19. The first-order valence-electron chi connectivity index (χ1n) is 5.18. The molecule has 1 aromatic carbocycles. The molecule has 5 nitrogen and oxygen atoms in total. The van der Waals surface area contributed by atoms with E-state index in [1.807, 2.05) is 0 Å². The molecule has 10 heteroatoms. The zero-order chi connectivity index (χ0) is 16.4. The third kappa shape index (κ3) is 3.38. The molecule has 0 fully saturated rings. The number of ether oxygens (including phenoxy) is 1. The van der Waals surface area contributed by atoms with Crippen LogP contribution in [0.2, 0.25) is 0 Å². The van der Waals surface area contributed by atoms with Gasteiger partial charge in [-0.3, -0.25) is 4.79 Å². The van der Waals surface area contributed by atoms with Gasteiger partial charge >= 0.3 is 24.0 Å². The number of hydrogen-bond acceptors (Lipinski definition) is 3. The third-order valence-electron chi connectivity index (χ3n) is 2.33. The summed E-state index contributed by atoms with van der Waals surface area (Å²) < 4.78 is 66.1. The Morgan fingerprint density at radius 1 is 1.19 bits per heavy atom. The number of carbonyl (C=O) groups is 2. The van der Waals surface area contributed by atoms with Gasteiger partial charge in [-0.15, -0.1) is 0 Å². The van der Waals surface area contributed by atoms with Crippen LogP contribution >= 0.6 is 0 Å². The van der Waals surface area contributed by atoms with Crippen molar-refractivity contribution < 1.29 is 41.4 Å². The number of rotatable bonds is 4. The van der Waals surface area contributed by atoms with E-state index in [1.54, 1.807) is 0 Å². The van der Waals surface area contributed by atoms with Gasteiger partial charge in [-0.2, -0.15) is 22.0 Å². The second-order valence-electron chi connectivity index (χ2n) is 3.75. The number of hydrogen-bond donors (Lipinski definition) is 2. The number of carbonyl (C=O) groups excluding carboxylic acids is 1. The highest BCUT2D eigenvalue weighted by molar-refractivity contribution is 5.98. The van der Waals surface area contributed by atoms with Gasteiger partial charge in [0.15, 0.2) is 0 Å². The van der Waals surface area contributed by atoms with Crippen LogP contribution in [0.5, 0.6) is 5.75 Å². The molecule has 0 radical (unpaired) electrons. The fourth-order valence-corrected chi connectivity index (χ4v) is 1.28. The Bertz CT molecular complexity index is 570. The first kappa shape index (κ1) is 16.7. The van der Waals surface area contributed by atoms with E-state index in [1.165, 1.54) is 5.32 Å². The van der Waals surface area contributed by atoms with Crippen molar-refractivity contribution in [3.63, 3.8) is 0 Å². The second-order valence-corrected chi connectivity index (χ2v) is 3.75. The van der Waals surface area contributed by atoms with Gasteiger partial charge in [0.25, 0.3) is 0 Å². The van der Waals surface area contributed by atoms with E-state index < -0.39 is 29.7 Å². The summed E-state index contributed by atoms with van der Waals surface area (Å²) in [5, 5.41) is 10.1. The van der Waals surface area contributed by atoms with Gasteiger partial charge in [0.05, 0.1) is 7.11 Å². The Morgan fingerprint density at radius 2 is 1.76 bits per heavy atom. The van der Waals surface area contributed by atoms with Crippen LogP contribution in [-0.2, 0) is 4.79 Å². The molecule has 0 heterocycles. The van der Waals surface area contributed by atoms with Crippen molar-refractivity contribution in [2.75, 3.05) is 12.4 Å². The standard InChI is InChI=1S/C11H8F5NO4/c1-21-7-4-5(2-3-6(7)8(18)19)17-9(20)10(12,13)11(14,15)16/h2-4H,1H3,(H,17,20)(H,18,19). The average Bonchev–Trinajstić information content (AvgIpc) is 2.36. The number of benzene rings is 1. The molecule has 1 amide bonds. The smallest absolute Gasteiger partial charge is 0.463 e. The highest BCUT2D eigenvalue weighted by Gasteiger charge is 2.63. The predicted molar refractivity (Wildman–Crippen MR) is 59.6 cm³/mol. The minimum absolute atomic E-state index is 0.310. The predicted octanol–water partition coefficient (Wildman–Crippen LogP) is 2.53. The summed E-state index contributed by atoms with van der Waals surface area (Å²) in [5.41, 5.74) is -0.816. The highest BCUT2D eigenvalue weighted by atomic mass is 19.4. The number of aromatic carboxylic acids is 1. The maximum absolute atomic E-state index is 12.7. The summed E-state index contributed by atoms with van der Waals surface area (Å²) in [6.07, 6.45) is -6.04. The van der Waals surface area contributed by atoms with Crippen molar-refractivity contribution in [1.29, 1.82) is 0 Å². The Morgan fingerprint density at radius 3 is 2.19 bits per heavy atom. The van der Waals surface area contributed by atoms with E-state index in [4.69, 9.17) is 5.11 Å². The lowest BCUT2D eigenvalue weighted by atomic mass is 10.1. The Kier molecular flexibility index (Phi) is 4.40. The zero-order valence-electron chi connectivity index (χ0n) is 10.3. The first-order valence-corrected chi connectivity index (χ1v) is 5.18. The van der Waals surface area contributed by atoms with Crippen LogP contribution in [0.4, 0.5) is 27.6 Å². The first-order chi connectivity index (χ1) is 9.50. The maximum Gasteiger partial charge on any atom is 0.463 e. The average molecular weight is 313 g/mol. The lowest BCUT2D eigenvalue weighted by molar-refractivity contribution is -0.267. The lowest BCUT2D eigenvalue weighted by Crippen LogP contribution is -2.47. The van der Waals surface area contributed by atoms with Crippen molar-refractivity contribution in [3.8, 4) is 5.75 Å². The molecule has 0 aliphatic carbocycles. The number of alkyl halides is 5. The van der Waals surface area contributed by atoms with E-state index >= 15 is 0 Å². The molecule has 0 unspecified atom stereocenters. The summed E-state index contributed by atoms with van der Waals surface area (Å²) in [6.45, 7) is 0. The molecule has 1 aromatic rings. The molecule has 21 heavy (non-hydrogen) atoms. The van der Waals surface area contributed by atoms with Crippen molar-refractivity contribution >= 4 is 17.6 Å². The molecular formula is C11H8F5NO4. The van der Waals surface area contributed by atoms with Crippen molar-refractivity contribution in [2.24, 2.45) is 0 Å². The molecule has 0 saturated heterocycles. The molecule has 2 N–H and O–H groups in total. The summed E-state index contributed by atoms with van der Waals surface area (Å²) in [4.78, 5) is 21.7. The second kappa shape index (κ2) is 5.54. The molecule has 0 spiro atoms. The van der Waals surface area contributed by atoms with Crippen LogP contribution in [0.25, 0.3) is 0 Å².